The fourth-order valence-corrected chi connectivity index (χ4v) is 2.57. The second kappa shape index (κ2) is 6.58. The SMILES string of the molecule is CCNc1cc(F)cc2c(/C=C/C(=O)c3ccc(O)cc3)c[nH]c12. The van der Waals surface area contributed by atoms with Crippen LogP contribution in [0.2, 0.25) is 0 Å². The summed E-state index contributed by atoms with van der Waals surface area (Å²) in [6.45, 7) is 2.62. The lowest BCUT2D eigenvalue weighted by Crippen LogP contribution is -1.97. The van der Waals surface area contributed by atoms with Crippen molar-refractivity contribution in [1.29, 1.82) is 0 Å². The van der Waals surface area contributed by atoms with Crippen LogP contribution in [0.1, 0.15) is 22.8 Å². The number of aromatic nitrogens is 1. The summed E-state index contributed by atoms with van der Waals surface area (Å²) < 4.78 is 13.8. The van der Waals surface area contributed by atoms with Crippen molar-refractivity contribution in [2.45, 2.75) is 6.92 Å². The molecule has 0 radical (unpaired) electrons. The smallest absolute Gasteiger partial charge is 0.185 e. The first kappa shape index (κ1) is 15.8. The molecule has 122 valence electrons. The molecule has 5 heteroatoms. The van der Waals surface area contributed by atoms with Crippen LogP contribution in [0.25, 0.3) is 17.0 Å². The van der Waals surface area contributed by atoms with E-state index in [1.54, 1.807) is 24.4 Å². The van der Waals surface area contributed by atoms with Crippen LogP contribution < -0.4 is 5.32 Å². The quantitative estimate of drug-likeness (QED) is 0.483. The highest BCUT2D eigenvalue weighted by atomic mass is 19.1. The summed E-state index contributed by atoms with van der Waals surface area (Å²) in [5.41, 5.74) is 2.70. The zero-order valence-corrected chi connectivity index (χ0v) is 13.1. The van der Waals surface area contributed by atoms with Gasteiger partial charge in [-0.1, -0.05) is 0 Å². The summed E-state index contributed by atoms with van der Waals surface area (Å²) in [5.74, 6) is -0.413. The first-order valence-electron chi connectivity index (χ1n) is 7.64. The normalized spacial score (nSPS) is 11.2. The largest absolute Gasteiger partial charge is 0.508 e. The van der Waals surface area contributed by atoms with Crippen molar-refractivity contribution in [3.8, 4) is 5.75 Å². The number of ketones is 1. The van der Waals surface area contributed by atoms with E-state index >= 15 is 0 Å². The number of hydrogen-bond acceptors (Lipinski definition) is 3. The Labute approximate surface area is 138 Å². The number of phenolic OH excluding ortho intramolecular Hbond substituents is 1. The van der Waals surface area contributed by atoms with Crippen LogP contribution in [-0.4, -0.2) is 22.4 Å². The fourth-order valence-electron chi connectivity index (χ4n) is 2.57. The van der Waals surface area contributed by atoms with Gasteiger partial charge in [0.15, 0.2) is 5.78 Å². The molecule has 0 unspecified atom stereocenters. The first-order chi connectivity index (χ1) is 11.6. The Morgan fingerprint density at radius 3 is 2.75 bits per heavy atom. The molecule has 3 N–H and O–H groups in total. The minimum Gasteiger partial charge on any atom is -0.508 e. The van der Waals surface area contributed by atoms with Crippen molar-refractivity contribution in [3.63, 3.8) is 0 Å². The molecule has 3 aromatic rings. The molecule has 24 heavy (non-hydrogen) atoms. The van der Waals surface area contributed by atoms with E-state index in [4.69, 9.17) is 0 Å². The van der Waals surface area contributed by atoms with Crippen LogP contribution in [0, 0.1) is 5.82 Å². The number of carbonyl (C=O) groups is 1. The van der Waals surface area contributed by atoms with E-state index in [2.05, 4.69) is 10.3 Å². The molecule has 4 nitrogen and oxygen atoms in total. The minimum atomic E-state index is -0.336. The summed E-state index contributed by atoms with van der Waals surface area (Å²) in [6, 6.07) is 8.92. The molecule has 1 heterocycles. The Kier molecular flexibility index (Phi) is 4.33. The molecule has 0 atom stereocenters. The molecular weight excluding hydrogens is 307 g/mol. The summed E-state index contributed by atoms with van der Waals surface area (Å²) in [6.07, 6.45) is 4.83. The standard InChI is InChI=1S/C19H17FN2O2/c1-2-21-17-10-14(20)9-16-13(11-22-19(16)17)5-8-18(24)12-3-6-15(23)7-4-12/h3-11,21-23H,2H2,1H3/b8-5+. The predicted molar refractivity (Wildman–Crippen MR) is 93.9 cm³/mol. The van der Waals surface area contributed by atoms with Crippen molar-refractivity contribution < 1.29 is 14.3 Å². The van der Waals surface area contributed by atoms with Crippen LogP contribution in [0.4, 0.5) is 10.1 Å². The van der Waals surface area contributed by atoms with Crippen molar-refractivity contribution in [2.75, 3.05) is 11.9 Å². The molecule has 1 aromatic heterocycles. The molecule has 3 rings (SSSR count). The molecule has 0 aliphatic heterocycles. The van der Waals surface area contributed by atoms with Gasteiger partial charge >= 0.3 is 0 Å². The molecule has 0 spiro atoms. The van der Waals surface area contributed by atoms with Gasteiger partial charge in [0.25, 0.3) is 0 Å². The second-order valence-electron chi connectivity index (χ2n) is 5.39. The number of nitrogens with one attached hydrogen (secondary N) is 2. The van der Waals surface area contributed by atoms with Gasteiger partial charge in [-0.3, -0.25) is 4.79 Å². The van der Waals surface area contributed by atoms with Gasteiger partial charge < -0.3 is 15.4 Å². The number of phenols is 1. The zero-order chi connectivity index (χ0) is 17.1. The number of rotatable bonds is 5. The maximum Gasteiger partial charge on any atom is 0.185 e. The van der Waals surface area contributed by atoms with Crippen LogP contribution >= 0.6 is 0 Å². The topological polar surface area (TPSA) is 65.1 Å². The maximum absolute atomic E-state index is 13.8. The fraction of sp³-hybridized carbons (Fsp3) is 0.105. The monoisotopic (exact) mass is 324 g/mol. The van der Waals surface area contributed by atoms with Crippen LogP contribution in [0.5, 0.6) is 5.75 Å². The summed E-state index contributed by atoms with van der Waals surface area (Å²) in [7, 11) is 0. The van der Waals surface area contributed by atoms with E-state index in [9.17, 15) is 14.3 Å². The summed E-state index contributed by atoms with van der Waals surface area (Å²) in [4.78, 5) is 15.3. The van der Waals surface area contributed by atoms with Crippen molar-refractivity contribution in [3.05, 3.63) is 65.6 Å². The van der Waals surface area contributed by atoms with Crippen LogP contribution in [0.15, 0.2) is 48.7 Å². The third-order valence-electron chi connectivity index (χ3n) is 3.72. The third-order valence-corrected chi connectivity index (χ3v) is 3.72. The van der Waals surface area contributed by atoms with Gasteiger partial charge in [-0.05, 0) is 55.5 Å². The summed E-state index contributed by atoms with van der Waals surface area (Å²) >= 11 is 0. The minimum absolute atomic E-state index is 0.110. The van der Waals surface area contributed by atoms with Crippen LogP contribution in [0.3, 0.4) is 0 Å². The third kappa shape index (κ3) is 3.15. The number of benzene rings is 2. The Morgan fingerprint density at radius 2 is 2.04 bits per heavy atom. The molecule has 0 bridgehead atoms. The summed E-state index contributed by atoms with van der Waals surface area (Å²) in [5, 5.41) is 13.1. The number of hydrogen-bond donors (Lipinski definition) is 3. The van der Waals surface area contributed by atoms with Gasteiger partial charge in [0, 0.05) is 29.3 Å². The highest BCUT2D eigenvalue weighted by Crippen LogP contribution is 2.28. The number of aromatic hydroxyl groups is 1. The van der Waals surface area contributed by atoms with E-state index < -0.39 is 0 Å². The average molecular weight is 324 g/mol. The maximum atomic E-state index is 13.8. The lowest BCUT2D eigenvalue weighted by molar-refractivity contribution is 0.104. The lowest BCUT2D eigenvalue weighted by atomic mass is 10.1. The Morgan fingerprint density at radius 1 is 1.29 bits per heavy atom. The Hall–Kier alpha value is -3.08. The van der Waals surface area contributed by atoms with Crippen molar-refractivity contribution in [1.82, 2.24) is 4.98 Å². The van der Waals surface area contributed by atoms with E-state index in [1.165, 1.54) is 30.3 Å². The molecule has 0 aliphatic rings. The van der Waals surface area contributed by atoms with Crippen LogP contribution in [-0.2, 0) is 0 Å². The van der Waals surface area contributed by atoms with Crippen molar-refractivity contribution >= 4 is 28.4 Å². The van der Waals surface area contributed by atoms with Gasteiger partial charge in [-0.25, -0.2) is 4.39 Å². The van der Waals surface area contributed by atoms with Gasteiger partial charge in [-0.15, -0.1) is 0 Å². The molecular formula is C19H17FN2O2. The zero-order valence-electron chi connectivity index (χ0n) is 13.1. The molecule has 0 saturated heterocycles. The second-order valence-corrected chi connectivity index (χ2v) is 5.39. The Balaban J connectivity index is 1.92. The molecule has 0 saturated carbocycles. The number of allylic oxidation sites excluding steroid dienone is 1. The number of halogens is 1. The van der Waals surface area contributed by atoms with Gasteiger partial charge in [0.1, 0.15) is 11.6 Å². The van der Waals surface area contributed by atoms with Gasteiger partial charge in [-0.2, -0.15) is 0 Å². The molecule has 2 aromatic carbocycles. The van der Waals surface area contributed by atoms with Gasteiger partial charge in [0.2, 0.25) is 0 Å². The molecule has 0 amide bonds. The Bertz CT molecular complexity index is 911. The van der Waals surface area contributed by atoms with E-state index in [0.717, 1.165) is 11.1 Å². The average Bonchev–Trinajstić information content (AvgIpc) is 2.96. The number of fused-ring (bicyclic) bond motifs is 1. The predicted octanol–water partition coefficient (Wildman–Crippen LogP) is 4.34. The van der Waals surface area contributed by atoms with Gasteiger partial charge in [0.05, 0.1) is 11.2 Å². The van der Waals surface area contributed by atoms with Crippen molar-refractivity contribution in [2.24, 2.45) is 0 Å². The number of anilines is 1. The van der Waals surface area contributed by atoms with E-state index in [1.807, 2.05) is 6.92 Å². The van der Waals surface area contributed by atoms with E-state index in [0.29, 0.717) is 23.2 Å². The highest BCUT2D eigenvalue weighted by Gasteiger charge is 2.09. The number of H-pyrrole nitrogens is 1. The number of carbonyl (C=O) groups excluding carboxylic acids is 1. The van der Waals surface area contributed by atoms with E-state index in [-0.39, 0.29) is 17.3 Å². The first-order valence-corrected chi connectivity index (χ1v) is 7.64. The molecule has 0 aliphatic carbocycles. The highest BCUT2D eigenvalue weighted by molar-refractivity contribution is 6.08. The lowest BCUT2D eigenvalue weighted by Gasteiger charge is -2.05. The number of aromatic amines is 1. The molecule has 0 fully saturated rings.